The molecular weight excluding hydrogens is 642 g/mol. The van der Waals surface area contributed by atoms with E-state index in [-0.39, 0.29) is 41.7 Å². The zero-order valence-electron chi connectivity index (χ0n) is 31.3. The first-order valence-electron chi connectivity index (χ1n) is 18.5. The second kappa shape index (κ2) is 14.9. The molecule has 2 aromatic carbocycles. The molecule has 4 aromatic rings. The minimum Gasteiger partial charge on any atom is -0.368 e. The van der Waals surface area contributed by atoms with E-state index in [1.807, 2.05) is 62.4 Å². The molecule has 0 unspecified atom stereocenters. The van der Waals surface area contributed by atoms with Gasteiger partial charge in [0.25, 0.3) is 11.5 Å². The smallest absolute Gasteiger partial charge is 0.329 e. The molecule has 0 saturated carbocycles. The first-order chi connectivity index (χ1) is 24.4. The molecule has 11 nitrogen and oxygen atoms in total. The molecule has 2 aliphatic rings. The van der Waals surface area contributed by atoms with Gasteiger partial charge in [0.15, 0.2) is 0 Å². The van der Waals surface area contributed by atoms with Crippen LogP contribution in [-0.2, 0) is 18.4 Å². The lowest BCUT2D eigenvalue weighted by molar-refractivity contribution is -0.131. The molecule has 2 aliphatic heterocycles. The summed E-state index contributed by atoms with van der Waals surface area (Å²) in [4.78, 5) is 62.4. The molecule has 0 aliphatic carbocycles. The molecule has 2 fully saturated rings. The predicted octanol–water partition coefficient (Wildman–Crippen LogP) is 5.04. The van der Waals surface area contributed by atoms with Gasteiger partial charge in [0.1, 0.15) is 0 Å². The Bertz CT molecular complexity index is 2060. The minimum atomic E-state index is -0.253. The number of hydrogen-bond acceptors (Lipinski definition) is 6. The molecule has 2 N–H and O–H groups in total. The first-order valence-corrected chi connectivity index (χ1v) is 18.5. The molecule has 2 amide bonds. The Morgan fingerprint density at radius 3 is 2.24 bits per heavy atom. The SMILES string of the molecule is CCC(=O)N1CCC(N(CC)c2cc(-c3ccc4c(c3)n(C)c(=O)n4C3CCN(C)CC3)cc(C(=O)NCc3c(C)cc(C)[nH]c3=O)c2C)CC1. The Hall–Kier alpha value is -4.64. The van der Waals surface area contributed by atoms with Gasteiger partial charge in [0, 0.05) is 74.2 Å². The van der Waals surface area contributed by atoms with Gasteiger partial charge >= 0.3 is 5.69 Å². The lowest BCUT2D eigenvalue weighted by Gasteiger charge is -2.40. The second-order valence-corrected chi connectivity index (χ2v) is 14.5. The van der Waals surface area contributed by atoms with Gasteiger partial charge in [-0.2, -0.15) is 0 Å². The van der Waals surface area contributed by atoms with Crippen LogP contribution in [0.15, 0.2) is 46.0 Å². The number of anilines is 1. The molecule has 2 aromatic heterocycles. The Morgan fingerprint density at radius 1 is 0.882 bits per heavy atom. The molecule has 6 rings (SSSR count). The molecule has 4 heterocycles. The average molecular weight is 696 g/mol. The lowest BCUT2D eigenvalue weighted by atomic mass is 9.94. The summed E-state index contributed by atoms with van der Waals surface area (Å²) in [6.07, 6.45) is 4.07. The van der Waals surface area contributed by atoms with Crippen molar-refractivity contribution in [2.45, 2.75) is 85.4 Å². The monoisotopic (exact) mass is 695 g/mol. The van der Waals surface area contributed by atoms with E-state index in [1.165, 1.54) is 0 Å². The third kappa shape index (κ3) is 7.13. The number of benzene rings is 2. The number of nitrogens with one attached hydrogen (secondary N) is 2. The summed E-state index contributed by atoms with van der Waals surface area (Å²) in [6, 6.07) is 12.6. The molecule has 0 atom stereocenters. The van der Waals surface area contributed by atoms with E-state index in [4.69, 9.17) is 0 Å². The highest BCUT2D eigenvalue weighted by Crippen LogP contribution is 2.36. The molecule has 0 radical (unpaired) electrons. The van der Waals surface area contributed by atoms with Crippen LogP contribution in [0.1, 0.15) is 84.7 Å². The fraction of sp³-hybridized carbons (Fsp3) is 0.500. The number of fused-ring (bicyclic) bond motifs is 1. The van der Waals surface area contributed by atoms with E-state index >= 15 is 0 Å². The quantitative estimate of drug-likeness (QED) is 0.254. The summed E-state index contributed by atoms with van der Waals surface area (Å²) >= 11 is 0. The normalized spacial score (nSPS) is 16.2. The van der Waals surface area contributed by atoms with Gasteiger partial charge in [-0.3, -0.25) is 23.5 Å². The molecule has 0 bridgehead atoms. The van der Waals surface area contributed by atoms with E-state index in [2.05, 4.69) is 52.3 Å². The summed E-state index contributed by atoms with van der Waals surface area (Å²) in [5, 5.41) is 3.04. The van der Waals surface area contributed by atoms with Gasteiger partial charge in [0.2, 0.25) is 5.91 Å². The average Bonchev–Trinajstić information content (AvgIpc) is 3.37. The van der Waals surface area contributed by atoms with Crippen molar-refractivity contribution < 1.29 is 9.59 Å². The zero-order chi connectivity index (χ0) is 36.6. The first kappa shape index (κ1) is 36.2. The highest BCUT2D eigenvalue weighted by Gasteiger charge is 2.29. The van der Waals surface area contributed by atoms with Crippen LogP contribution in [0.3, 0.4) is 0 Å². The lowest BCUT2D eigenvalue weighted by Crippen LogP contribution is -2.47. The summed E-state index contributed by atoms with van der Waals surface area (Å²) in [6.45, 7) is 14.0. The van der Waals surface area contributed by atoms with Crippen LogP contribution in [0.5, 0.6) is 0 Å². The minimum absolute atomic E-state index is 0.00666. The number of aromatic nitrogens is 3. The molecule has 2 saturated heterocycles. The summed E-state index contributed by atoms with van der Waals surface area (Å²) in [7, 11) is 3.96. The van der Waals surface area contributed by atoms with Crippen LogP contribution in [0.4, 0.5) is 5.69 Å². The van der Waals surface area contributed by atoms with Crippen molar-refractivity contribution in [1.29, 1.82) is 0 Å². The molecular formula is C40H53N7O4. The molecule has 11 heteroatoms. The number of hydrogen-bond donors (Lipinski definition) is 2. The van der Waals surface area contributed by atoms with E-state index in [9.17, 15) is 19.2 Å². The van der Waals surface area contributed by atoms with Crippen molar-refractivity contribution in [1.82, 2.24) is 29.2 Å². The maximum atomic E-state index is 14.1. The third-order valence-corrected chi connectivity index (χ3v) is 11.2. The van der Waals surface area contributed by atoms with Gasteiger partial charge in [0.05, 0.1) is 11.0 Å². The maximum absolute atomic E-state index is 14.1. The number of amides is 2. The van der Waals surface area contributed by atoms with E-state index in [0.29, 0.717) is 30.6 Å². The zero-order valence-corrected chi connectivity index (χ0v) is 31.3. The molecule has 51 heavy (non-hydrogen) atoms. The Kier molecular flexibility index (Phi) is 10.6. The number of piperidine rings is 2. The van der Waals surface area contributed by atoms with Crippen LogP contribution < -0.4 is 21.5 Å². The van der Waals surface area contributed by atoms with Crippen molar-refractivity contribution >= 4 is 28.5 Å². The van der Waals surface area contributed by atoms with Crippen LogP contribution in [0.25, 0.3) is 22.2 Å². The standard InChI is InChI=1S/C40H53N7O4/c1-8-37(48)45-18-14-30(15-19-45)46(9-2)35-23-29(21-32(27(35)5)38(49)41-24-33-25(3)20-26(4)42-39(33)50)28-10-11-34-36(22-28)44(7)40(51)47(34)31-12-16-43(6)17-13-31/h10-11,20-23,30-31H,8-9,12-19,24H2,1-7H3,(H,41,49)(H,42,50). The van der Waals surface area contributed by atoms with Crippen LogP contribution >= 0.6 is 0 Å². The number of carbonyl (C=O) groups is 2. The van der Waals surface area contributed by atoms with E-state index in [1.54, 1.807) is 4.57 Å². The Labute approximate surface area is 300 Å². The van der Waals surface area contributed by atoms with Crippen molar-refractivity contribution in [3.63, 3.8) is 0 Å². The number of aryl methyl sites for hydroxylation is 3. The largest absolute Gasteiger partial charge is 0.368 e. The third-order valence-electron chi connectivity index (χ3n) is 11.2. The van der Waals surface area contributed by atoms with Gasteiger partial charge in [-0.15, -0.1) is 0 Å². The second-order valence-electron chi connectivity index (χ2n) is 14.5. The van der Waals surface area contributed by atoms with E-state index < -0.39 is 0 Å². The number of likely N-dealkylation sites (tertiary alicyclic amines) is 2. The van der Waals surface area contributed by atoms with Crippen molar-refractivity contribution in [2.75, 3.05) is 44.7 Å². The predicted molar refractivity (Wildman–Crippen MR) is 204 cm³/mol. The fourth-order valence-corrected chi connectivity index (χ4v) is 8.19. The highest BCUT2D eigenvalue weighted by atomic mass is 16.2. The Balaban J connectivity index is 1.40. The summed E-state index contributed by atoms with van der Waals surface area (Å²) in [5.74, 6) is -0.0676. The van der Waals surface area contributed by atoms with Crippen molar-refractivity contribution in [3.05, 3.63) is 85.2 Å². The van der Waals surface area contributed by atoms with E-state index in [0.717, 1.165) is 90.0 Å². The number of imidazole rings is 1. The van der Waals surface area contributed by atoms with Gasteiger partial charge in [-0.25, -0.2) is 4.79 Å². The summed E-state index contributed by atoms with van der Waals surface area (Å²) in [5.41, 5.74) is 7.90. The molecule has 0 spiro atoms. The van der Waals surface area contributed by atoms with Crippen LogP contribution in [-0.4, -0.2) is 81.5 Å². The van der Waals surface area contributed by atoms with Crippen LogP contribution in [0.2, 0.25) is 0 Å². The number of rotatable bonds is 9. The van der Waals surface area contributed by atoms with Crippen LogP contribution in [0, 0.1) is 20.8 Å². The van der Waals surface area contributed by atoms with Crippen molar-refractivity contribution in [2.24, 2.45) is 7.05 Å². The van der Waals surface area contributed by atoms with Gasteiger partial charge in [-0.05, 0) is 126 Å². The number of pyridine rings is 1. The van der Waals surface area contributed by atoms with Crippen molar-refractivity contribution in [3.8, 4) is 11.1 Å². The summed E-state index contributed by atoms with van der Waals surface area (Å²) < 4.78 is 3.71. The number of H-pyrrole nitrogens is 1. The number of aromatic amines is 1. The maximum Gasteiger partial charge on any atom is 0.329 e. The highest BCUT2D eigenvalue weighted by molar-refractivity contribution is 5.99. The number of nitrogens with zero attached hydrogens (tertiary/aromatic N) is 5. The van der Waals surface area contributed by atoms with Gasteiger partial charge < -0.3 is 25.0 Å². The topological polar surface area (TPSA) is 116 Å². The fourth-order valence-electron chi connectivity index (χ4n) is 8.19. The number of carbonyl (C=O) groups excluding carboxylic acids is 2. The van der Waals surface area contributed by atoms with Gasteiger partial charge in [-0.1, -0.05) is 13.0 Å². The molecule has 272 valence electrons. The Morgan fingerprint density at radius 2 is 1.59 bits per heavy atom.